The van der Waals surface area contributed by atoms with Crippen LogP contribution < -0.4 is 10.1 Å². The summed E-state index contributed by atoms with van der Waals surface area (Å²) in [6, 6.07) is 3.45. The van der Waals surface area contributed by atoms with Crippen LogP contribution in [-0.4, -0.2) is 60.3 Å². The summed E-state index contributed by atoms with van der Waals surface area (Å²) in [4.78, 5) is 25.4. The summed E-state index contributed by atoms with van der Waals surface area (Å²) in [5, 5.41) is 13.2. The number of amides is 1. The Bertz CT molecular complexity index is 756. The zero-order valence-corrected chi connectivity index (χ0v) is 18.2. The molecule has 7 heteroatoms. The van der Waals surface area contributed by atoms with Crippen LogP contribution in [0.15, 0.2) is 12.1 Å². The lowest BCUT2D eigenvalue weighted by molar-refractivity contribution is 0.000596. The summed E-state index contributed by atoms with van der Waals surface area (Å²) in [5.74, 6) is 0.607. The molecule has 0 aromatic heterocycles. The number of phenols is 1. The number of hydrogen-bond donors (Lipinski definition) is 2. The van der Waals surface area contributed by atoms with Crippen molar-refractivity contribution >= 4 is 11.9 Å². The number of rotatable bonds is 10. The van der Waals surface area contributed by atoms with Crippen LogP contribution in [-0.2, 0) is 11.2 Å². The predicted octanol–water partition coefficient (Wildman–Crippen LogP) is 3.67. The summed E-state index contributed by atoms with van der Waals surface area (Å²) in [6.07, 6.45) is 6.18. The van der Waals surface area contributed by atoms with Crippen LogP contribution in [0.1, 0.15) is 68.3 Å². The van der Waals surface area contributed by atoms with Crippen molar-refractivity contribution in [3.63, 3.8) is 0 Å². The van der Waals surface area contributed by atoms with Gasteiger partial charge in [-0.1, -0.05) is 13.3 Å². The van der Waals surface area contributed by atoms with Crippen molar-refractivity contribution in [1.82, 2.24) is 10.2 Å². The van der Waals surface area contributed by atoms with Crippen molar-refractivity contribution in [2.45, 2.75) is 64.4 Å². The van der Waals surface area contributed by atoms with Gasteiger partial charge in [0.1, 0.15) is 17.1 Å². The van der Waals surface area contributed by atoms with Crippen molar-refractivity contribution < 1.29 is 24.2 Å². The number of unbranched alkanes of at least 4 members (excludes halogenated alkanes) is 2. The molecule has 0 atom stereocenters. The number of nitrogens with zero attached hydrogens (tertiary/aromatic N) is 1. The Kier molecular flexibility index (Phi) is 7.58. The highest BCUT2D eigenvalue weighted by Crippen LogP contribution is 2.33. The van der Waals surface area contributed by atoms with Crippen LogP contribution in [0.2, 0.25) is 0 Å². The summed E-state index contributed by atoms with van der Waals surface area (Å²) < 4.78 is 11.4. The number of ketones is 1. The van der Waals surface area contributed by atoms with Crippen molar-refractivity contribution in [3.8, 4) is 11.5 Å². The molecule has 7 nitrogen and oxygen atoms in total. The van der Waals surface area contributed by atoms with Crippen LogP contribution >= 0.6 is 0 Å². The van der Waals surface area contributed by atoms with E-state index >= 15 is 0 Å². The van der Waals surface area contributed by atoms with Gasteiger partial charge in [-0.2, -0.15) is 0 Å². The minimum atomic E-state index is -0.283. The monoisotopic (exact) mass is 418 g/mol. The zero-order valence-electron chi connectivity index (χ0n) is 18.2. The highest BCUT2D eigenvalue weighted by Gasteiger charge is 2.42. The third kappa shape index (κ3) is 5.45. The quantitative estimate of drug-likeness (QED) is 0.445. The Morgan fingerprint density at radius 3 is 2.67 bits per heavy atom. The number of phenolic OH excluding ortho intramolecular Hbond substituents is 1. The van der Waals surface area contributed by atoms with Crippen molar-refractivity contribution in [1.29, 1.82) is 0 Å². The molecule has 2 aliphatic rings. The topological polar surface area (TPSA) is 88.1 Å². The fraction of sp³-hybridized carbons (Fsp3) is 0.652. The van der Waals surface area contributed by atoms with Gasteiger partial charge < -0.3 is 24.8 Å². The molecule has 1 amide bonds. The van der Waals surface area contributed by atoms with Crippen molar-refractivity contribution in [3.05, 3.63) is 23.3 Å². The van der Waals surface area contributed by atoms with E-state index in [-0.39, 0.29) is 23.2 Å². The normalized spacial score (nSPS) is 18.3. The second-order valence-corrected chi connectivity index (χ2v) is 8.42. The minimum Gasteiger partial charge on any atom is -0.507 e. The van der Waals surface area contributed by atoms with E-state index < -0.39 is 0 Å². The molecular formula is C23H34N2O5. The van der Waals surface area contributed by atoms with Gasteiger partial charge in [0.15, 0.2) is 5.78 Å². The average molecular weight is 419 g/mol. The van der Waals surface area contributed by atoms with Gasteiger partial charge in [0.2, 0.25) is 0 Å². The number of alkyl carbamates (subject to hydrolysis) is 1. The summed E-state index contributed by atoms with van der Waals surface area (Å²) >= 11 is 0. The first-order valence-electron chi connectivity index (χ1n) is 11.1. The van der Waals surface area contributed by atoms with Gasteiger partial charge in [-0.05, 0) is 51.3 Å². The molecule has 3 rings (SSSR count). The lowest BCUT2D eigenvalue weighted by Crippen LogP contribution is -2.46. The van der Waals surface area contributed by atoms with Crippen LogP contribution in [0.25, 0.3) is 0 Å². The van der Waals surface area contributed by atoms with Crippen molar-refractivity contribution in [2.24, 2.45) is 0 Å². The van der Waals surface area contributed by atoms with E-state index in [0.717, 1.165) is 63.7 Å². The Morgan fingerprint density at radius 1 is 1.27 bits per heavy atom. The van der Waals surface area contributed by atoms with E-state index in [2.05, 4.69) is 10.2 Å². The highest BCUT2D eigenvalue weighted by atomic mass is 16.6. The molecule has 2 N–H and O–H groups in total. The molecule has 2 aliphatic heterocycles. The van der Waals surface area contributed by atoms with Crippen LogP contribution in [0.4, 0.5) is 4.79 Å². The largest absolute Gasteiger partial charge is 0.507 e. The van der Waals surface area contributed by atoms with E-state index in [4.69, 9.17) is 9.47 Å². The first-order chi connectivity index (χ1) is 14.4. The SMILES string of the molecule is CCCc1c(OCCCCCN2CCC3(CC2)CNC(=O)O3)ccc(C(C)=O)c1O. The number of carbonyl (C=O) groups is 2. The fourth-order valence-electron chi connectivity index (χ4n) is 4.29. The number of hydrogen-bond acceptors (Lipinski definition) is 6. The van der Waals surface area contributed by atoms with Gasteiger partial charge in [-0.15, -0.1) is 0 Å². The first kappa shape index (κ1) is 22.4. The predicted molar refractivity (Wildman–Crippen MR) is 114 cm³/mol. The molecule has 0 unspecified atom stereocenters. The fourth-order valence-corrected chi connectivity index (χ4v) is 4.29. The van der Waals surface area contributed by atoms with Gasteiger partial charge in [-0.3, -0.25) is 4.79 Å². The molecule has 30 heavy (non-hydrogen) atoms. The highest BCUT2D eigenvalue weighted by molar-refractivity contribution is 5.97. The number of ether oxygens (including phenoxy) is 2. The molecule has 2 saturated heterocycles. The lowest BCUT2D eigenvalue weighted by Gasteiger charge is -2.37. The van der Waals surface area contributed by atoms with E-state index in [0.29, 0.717) is 30.9 Å². The molecule has 0 bridgehead atoms. The molecule has 166 valence electrons. The van der Waals surface area contributed by atoms with Crippen LogP contribution in [0.3, 0.4) is 0 Å². The summed E-state index contributed by atoms with van der Waals surface area (Å²) in [6.45, 7) is 7.72. The first-order valence-corrected chi connectivity index (χ1v) is 11.1. The standard InChI is InChI=1S/C23H34N2O5/c1-3-7-19-20(9-8-18(17(2)26)21(19)27)29-15-6-4-5-12-25-13-10-23(11-14-25)16-24-22(28)30-23/h8-9,27H,3-7,10-16H2,1-2H3,(H,24,28). The van der Waals surface area contributed by atoms with E-state index in [9.17, 15) is 14.7 Å². The average Bonchev–Trinajstić information content (AvgIpc) is 3.08. The van der Waals surface area contributed by atoms with Gasteiger partial charge in [0.25, 0.3) is 0 Å². The number of carbonyl (C=O) groups excluding carboxylic acids is 2. The van der Waals surface area contributed by atoms with Gasteiger partial charge >= 0.3 is 6.09 Å². The van der Waals surface area contributed by atoms with Crippen LogP contribution in [0.5, 0.6) is 11.5 Å². The maximum Gasteiger partial charge on any atom is 0.407 e. The molecule has 1 aromatic rings. The smallest absolute Gasteiger partial charge is 0.407 e. The molecule has 1 spiro atoms. The number of piperidine rings is 1. The minimum absolute atomic E-state index is 0.0628. The van der Waals surface area contributed by atoms with E-state index in [1.807, 2.05) is 6.92 Å². The van der Waals surface area contributed by atoms with E-state index in [1.54, 1.807) is 12.1 Å². The Hall–Kier alpha value is -2.28. The Labute approximate surface area is 178 Å². The Balaban J connectivity index is 1.36. The second-order valence-electron chi connectivity index (χ2n) is 8.42. The van der Waals surface area contributed by atoms with Gasteiger partial charge in [0, 0.05) is 31.5 Å². The lowest BCUT2D eigenvalue weighted by atomic mass is 9.91. The van der Waals surface area contributed by atoms with E-state index in [1.165, 1.54) is 6.92 Å². The Morgan fingerprint density at radius 2 is 2.03 bits per heavy atom. The molecule has 0 aliphatic carbocycles. The summed E-state index contributed by atoms with van der Waals surface area (Å²) in [7, 11) is 0. The van der Waals surface area contributed by atoms with Crippen LogP contribution in [0, 0.1) is 0 Å². The number of nitrogens with one attached hydrogen (secondary N) is 1. The number of benzene rings is 1. The third-order valence-electron chi connectivity index (χ3n) is 6.13. The molecular weight excluding hydrogens is 384 g/mol. The number of likely N-dealkylation sites (tertiary alicyclic amines) is 1. The van der Waals surface area contributed by atoms with Gasteiger partial charge in [-0.25, -0.2) is 4.79 Å². The number of Topliss-reactive ketones (excluding diaryl/α,β-unsaturated/α-hetero) is 1. The summed E-state index contributed by atoms with van der Waals surface area (Å²) in [5.41, 5.74) is 0.813. The maximum atomic E-state index is 11.7. The molecule has 0 radical (unpaired) electrons. The molecule has 0 saturated carbocycles. The van der Waals surface area contributed by atoms with Crippen molar-refractivity contribution in [2.75, 3.05) is 32.8 Å². The maximum absolute atomic E-state index is 11.7. The third-order valence-corrected chi connectivity index (χ3v) is 6.13. The second kappa shape index (κ2) is 10.2. The van der Waals surface area contributed by atoms with Gasteiger partial charge in [0.05, 0.1) is 18.7 Å². The molecule has 2 fully saturated rings. The molecule has 2 heterocycles. The number of aromatic hydroxyl groups is 1. The zero-order chi connectivity index (χ0) is 21.6. The molecule has 1 aromatic carbocycles.